The van der Waals surface area contributed by atoms with Crippen molar-refractivity contribution in [3.05, 3.63) is 0 Å². The number of ketones is 1. The zero-order valence-electron chi connectivity index (χ0n) is 21.3. The van der Waals surface area contributed by atoms with Crippen molar-refractivity contribution < 1.29 is 28.9 Å². The van der Waals surface area contributed by atoms with Gasteiger partial charge in [0.15, 0.2) is 0 Å². The van der Waals surface area contributed by atoms with Crippen molar-refractivity contribution in [1.82, 2.24) is 0 Å². The lowest BCUT2D eigenvalue weighted by atomic mass is 9.43. The average Bonchev–Trinajstić information content (AvgIpc) is 3.12. The fourth-order valence-electron chi connectivity index (χ4n) is 9.11. The highest BCUT2D eigenvalue weighted by atomic mass is 32.5. The van der Waals surface area contributed by atoms with Crippen LogP contribution in [0.15, 0.2) is 0 Å². The normalized spacial score (nSPS) is 46.6. The molecule has 3 N–H and O–H groups in total. The van der Waals surface area contributed by atoms with E-state index in [-0.39, 0.29) is 47.8 Å². The molecule has 0 radical (unpaired) electrons. The Labute approximate surface area is 210 Å². The van der Waals surface area contributed by atoms with Crippen LogP contribution >= 0.6 is 6.72 Å². The summed E-state index contributed by atoms with van der Waals surface area (Å²) in [5.41, 5.74) is 0.403. The van der Waals surface area contributed by atoms with Crippen molar-refractivity contribution in [3.63, 3.8) is 0 Å². The molecule has 0 spiro atoms. The van der Waals surface area contributed by atoms with Gasteiger partial charge in [-0.25, -0.2) is 0 Å². The number of carbonyl (C=O) groups excluding carboxylic acids is 1. The Morgan fingerprint density at radius 3 is 2.47 bits per heavy atom. The number of aliphatic hydroxyl groups excluding tert-OH is 2. The number of hydrogen-bond donors (Lipinski definition) is 3. The summed E-state index contributed by atoms with van der Waals surface area (Å²) in [6, 6.07) is 0. The largest absolute Gasteiger partial charge is 0.393 e. The summed E-state index contributed by atoms with van der Waals surface area (Å²) in [5, 5.41) is 21.6. The second-order valence-corrected chi connectivity index (χ2v) is 15.4. The standard InChI is InChI=1S/C26H45O6PS/c1-16(13-19(28)9-12-32-33(30,34)31-4)20-5-6-21-24-22(8-11-26(20,21)3)25(2)10-7-18(27)14-17(25)15-23(24)29/h16-18,20-24,27,29H,5-15H2,1-4H3,(H,30,34)/t16-,17?,18-,20?,21?,22?,23?,24?,25+,26-,33?/m1/s1. The van der Waals surface area contributed by atoms with Gasteiger partial charge in [-0.1, -0.05) is 20.8 Å². The molecule has 4 rings (SSSR count). The van der Waals surface area contributed by atoms with Gasteiger partial charge in [-0.15, -0.1) is 0 Å². The van der Waals surface area contributed by atoms with Gasteiger partial charge < -0.3 is 24.2 Å². The van der Waals surface area contributed by atoms with E-state index in [4.69, 9.17) is 20.9 Å². The molecule has 11 atom stereocenters. The molecule has 0 aromatic heterocycles. The Morgan fingerprint density at radius 2 is 1.76 bits per heavy atom. The second-order valence-electron chi connectivity index (χ2n) is 12.4. The van der Waals surface area contributed by atoms with Crippen LogP contribution in [0.4, 0.5) is 0 Å². The molecule has 0 aliphatic heterocycles. The molecular formula is C26H45O6PS. The average molecular weight is 517 g/mol. The Balaban J connectivity index is 1.41. The molecule has 8 heteroatoms. The quantitative estimate of drug-likeness (QED) is 0.397. The molecule has 0 saturated heterocycles. The van der Waals surface area contributed by atoms with Crippen LogP contribution in [0.2, 0.25) is 0 Å². The molecule has 0 bridgehead atoms. The summed E-state index contributed by atoms with van der Waals surface area (Å²) < 4.78 is 9.95. The minimum absolute atomic E-state index is 0.0993. The second kappa shape index (κ2) is 10.1. The van der Waals surface area contributed by atoms with Crippen molar-refractivity contribution >= 4 is 24.3 Å². The third kappa shape index (κ3) is 4.97. The van der Waals surface area contributed by atoms with Crippen LogP contribution in [0.25, 0.3) is 0 Å². The number of aliphatic hydroxyl groups is 2. The summed E-state index contributed by atoms with van der Waals surface area (Å²) in [5.74, 6) is 2.75. The molecule has 196 valence electrons. The predicted octanol–water partition coefficient (Wildman–Crippen LogP) is 4.84. The van der Waals surface area contributed by atoms with E-state index in [9.17, 15) is 19.9 Å². The first kappa shape index (κ1) is 27.2. The van der Waals surface area contributed by atoms with Crippen LogP contribution in [0.5, 0.6) is 0 Å². The van der Waals surface area contributed by atoms with E-state index in [1.807, 2.05) is 0 Å². The van der Waals surface area contributed by atoms with E-state index in [2.05, 4.69) is 20.8 Å². The SMILES string of the molecule is COP(O)(=S)OCCC(=O)C[C@@H](C)C1CCC2C3C(O)CC4C[C@H](O)CC[C@]4(C)C3CC[C@@]21C. The summed E-state index contributed by atoms with van der Waals surface area (Å²) in [7, 11) is 1.32. The highest BCUT2D eigenvalue weighted by molar-refractivity contribution is 8.07. The fourth-order valence-corrected chi connectivity index (χ4v) is 9.76. The van der Waals surface area contributed by atoms with E-state index < -0.39 is 6.72 Å². The number of hydrogen-bond acceptors (Lipinski definition) is 6. The van der Waals surface area contributed by atoms with Crippen molar-refractivity contribution in [2.45, 2.75) is 97.2 Å². The molecule has 0 amide bonds. The van der Waals surface area contributed by atoms with Crippen LogP contribution < -0.4 is 0 Å². The zero-order valence-corrected chi connectivity index (χ0v) is 23.0. The molecule has 4 aliphatic carbocycles. The van der Waals surface area contributed by atoms with Crippen molar-refractivity contribution in [2.75, 3.05) is 13.7 Å². The lowest BCUT2D eigenvalue weighted by Gasteiger charge is -2.62. The predicted molar refractivity (Wildman–Crippen MR) is 135 cm³/mol. The summed E-state index contributed by atoms with van der Waals surface area (Å²) in [4.78, 5) is 22.4. The topological polar surface area (TPSA) is 96.2 Å². The van der Waals surface area contributed by atoms with Gasteiger partial charge in [0.1, 0.15) is 5.78 Å². The number of rotatable bonds is 8. The molecule has 4 fully saturated rings. The first-order chi connectivity index (χ1) is 15.9. The van der Waals surface area contributed by atoms with E-state index >= 15 is 0 Å². The van der Waals surface area contributed by atoms with E-state index in [1.165, 1.54) is 13.5 Å². The summed E-state index contributed by atoms with van der Waals surface area (Å²) in [6.07, 6.45) is 8.54. The Morgan fingerprint density at radius 1 is 1.09 bits per heavy atom. The monoisotopic (exact) mass is 516 g/mol. The van der Waals surface area contributed by atoms with Crippen LogP contribution in [-0.4, -0.2) is 46.8 Å². The van der Waals surface area contributed by atoms with Crippen LogP contribution in [0.3, 0.4) is 0 Å². The molecule has 0 heterocycles. The minimum Gasteiger partial charge on any atom is -0.393 e. The molecular weight excluding hydrogens is 471 g/mol. The van der Waals surface area contributed by atoms with Crippen molar-refractivity contribution in [1.29, 1.82) is 0 Å². The Hall–Kier alpha value is 0.120. The van der Waals surface area contributed by atoms with Gasteiger partial charge in [0, 0.05) is 20.0 Å². The molecule has 7 unspecified atom stereocenters. The van der Waals surface area contributed by atoms with Crippen molar-refractivity contribution in [2.24, 2.45) is 46.3 Å². The van der Waals surface area contributed by atoms with Crippen LogP contribution in [0.1, 0.15) is 85.0 Å². The number of fused-ring (bicyclic) bond motifs is 5. The lowest BCUT2D eigenvalue weighted by molar-refractivity contribution is -0.174. The maximum Gasteiger partial charge on any atom is 0.324 e. The molecule has 4 saturated carbocycles. The molecule has 34 heavy (non-hydrogen) atoms. The first-order valence-electron chi connectivity index (χ1n) is 13.3. The molecule has 0 aromatic carbocycles. The minimum atomic E-state index is -3.21. The third-order valence-corrected chi connectivity index (χ3v) is 12.6. The van der Waals surface area contributed by atoms with Crippen LogP contribution in [0, 0.1) is 46.3 Å². The van der Waals surface area contributed by atoms with Gasteiger partial charge in [-0.05, 0) is 110 Å². The van der Waals surface area contributed by atoms with Gasteiger partial charge in [0.05, 0.1) is 18.8 Å². The van der Waals surface area contributed by atoms with Gasteiger partial charge >= 0.3 is 6.72 Å². The van der Waals surface area contributed by atoms with E-state index in [0.29, 0.717) is 36.0 Å². The van der Waals surface area contributed by atoms with E-state index in [1.54, 1.807) is 0 Å². The highest BCUT2D eigenvalue weighted by Gasteiger charge is 2.62. The lowest BCUT2D eigenvalue weighted by Crippen LogP contribution is -2.58. The molecule has 4 aliphatic rings. The molecule has 6 nitrogen and oxygen atoms in total. The van der Waals surface area contributed by atoms with Crippen LogP contribution in [-0.2, 0) is 25.6 Å². The maximum absolute atomic E-state index is 12.7. The maximum atomic E-state index is 12.7. The third-order valence-electron chi connectivity index (χ3n) is 10.8. The van der Waals surface area contributed by atoms with Gasteiger partial charge in [0.2, 0.25) is 0 Å². The highest BCUT2D eigenvalue weighted by Crippen LogP contribution is 2.68. The Bertz CT molecular complexity index is 808. The zero-order chi connectivity index (χ0) is 24.9. The summed E-state index contributed by atoms with van der Waals surface area (Å²) in [6.45, 7) is 3.98. The van der Waals surface area contributed by atoms with E-state index in [0.717, 1.165) is 44.9 Å². The molecule has 0 aromatic rings. The first-order valence-corrected chi connectivity index (χ1v) is 15.9. The van der Waals surface area contributed by atoms with Gasteiger partial charge in [-0.2, -0.15) is 0 Å². The number of carbonyl (C=O) groups is 1. The van der Waals surface area contributed by atoms with Gasteiger partial charge in [0.25, 0.3) is 0 Å². The number of Topliss-reactive ketones (excluding diaryl/α,β-unsaturated/α-hetero) is 1. The van der Waals surface area contributed by atoms with Crippen molar-refractivity contribution in [3.8, 4) is 0 Å². The fraction of sp³-hybridized carbons (Fsp3) is 0.962. The van der Waals surface area contributed by atoms with Gasteiger partial charge in [-0.3, -0.25) is 4.79 Å². The Kier molecular flexibility index (Phi) is 8.08. The summed E-state index contributed by atoms with van der Waals surface area (Å²) >= 11 is 4.83. The smallest absolute Gasteiger partial charge is 0.324 e.